The zero-order chi connectivity index (χ0) is 10.8. The highest BCUT2D eigenvalue weighted by Crippen LogP contribution is 2.38. The third kappa shape index (κ3) is 1.70. The molecule has 0 unspecified atom stereocenters. The van der Waals surface area contributed by atoms with Gasteiger partial charge in [0.1, 0.15) is 0 Å². The fraction of sp³-hybridized carbons (Fsp3) is 0. The van der Waals surface area contributed by atoms with Crippen molar-refractivity contribution < 1.29 is 0 Å². The first-order valence-electron chi connectivity index (χ1n) is 5.12. The molecule has 0 fully saturated rings. The van der Waals surface area contributed by atoms with Gasteiger partial charge in [-0.1, -0.05) is 36.4 Å². The van der Waals surface area contributed by atoms with E-state index in [0.29, 0.717) is 0 Å². The minimum absolute atomic E-state index is 1.30. The van der Waals surface area contributed by atoms with Crippen molar-refractivity contribution in [1.29, 1.82) is 0 Å². The van der Waals surface area contributed by atoms with Crippen molar-refractivity contribution >= 4 is 22.7 Å². The van der Waals surface area contributed by atoms with Crippen LogP contribution in [0.4, 0.5) is 0 Å². The Hall–Kier alpha value is -1.38. The fourth-order valence-corrected chi connectivity index (χ4v) is 3.56. The van der Waals surface area contributed by atoms with Gasteiger partial charge < -0.3 is 0 Å². The van der Waals surface area contributed by atoms with E-state index in [4.69, 9.17) is 0 Å². The summed E-state index contributed by atoms with van der Waals surface area (Å²) in [6.07, 6.45) is 0. The Balaban J connectivity index is 2.14. The molecule has 0 nitrogen and oxygen atoms in total. The van der Waals surface area contributed by atoms with Crippen LogP contribution in [0.15, 0.2) is 59.3 Å². The monoisotopic (exact) mass is 242 g/mol. The molecule has 16 heavy (non-hydrogen) atoms. The lowest BCUT2D eigenvalue weighted by Gasteiger charge is -2.01. The van der Waals surface area contributed by atoms with Crippen LogP contribution in [0.25, 0.3) is 20.9 Å². The van der Waals surface area contributed by atoms with Crippen molar-refractivity contribution in [2.75, 3.05) is 0 Å². The molecule has 3 rings (SSSR count). The van der Waals surface area contributed by atoms with Crippen LogP contribution < -0.4 is 0 Å². The molecule has 0 aliphatic carbocycles. The Morgan fingerprint density at radius 2 is 1.56 bits per heavy atom. The average molecular weight is 242 g/mol. The van der Waals surface area contributed by atoms with Gasteiger partial charge in [0.2, 0.25) is 0 Å². The summed E-state index contributed by atoms with van der Waals surface area (Å²) < 4.78 is 0. The van der Waals surface area contributed by atoms with E-state index < -0.39 is 0 Å². The summed E-state index contributed by atoms with van der Waals surface area (Å²) in [4.78, 5) is 2.73. The van der Waals surface area contributed by atoms with Crippen LogP contribution in [0.5, 0.6) is 0 Å². The van der Waals surface area contributed by atoms with Crippen molar-refractivity contribution in [3.8, 4) is 20.9 Å². The van der Waals surface area contributed by atoms with Crippen LogP contribution in [0.1, 0.15) is 0 Å². The van der Waals surface area contributed by atoms with E-state index >= 15 is 0 Å². The van der Waals surface area contributed by atoms with Gasteiger partial charge in [0.15, 0.2) is 0 Å². The molecule has 2 aromatic heterocycles. The smallest absolute Gasteiger partial charge is 0.0520 e. The van der Waals surface area contributed by atoms with Crippen LogP contribution in [-0.4, -0.2) is 0 Å². The fourth-order valence-electron chi connectivity index (χ4n) is 1.75. The molecule has 0 atom stereocenters. The Bertz CT molecular complexity index is 562. The maximum Gasteiger partial charge on any atom is 0.0520 e. The lowest BCUT2D eigenvalue weighted by atomic mass is 10.1. The normalized spacial score (nSPS) is 10.5. The molecule has 0 aliphatic heterocycles. The van der Waals surface area contributed by atoms with Gasteiger partial charge in [-0.25, -0.2) is 0 Å². The molecule has 0 saturated heterocycles. The summed E-state index contributed by atoms with van der Waals surface area (Å²) >= 11 is 3.61. The number of benzene rings is 1. The van der Waals surface area contributed by atoms with Crippen LogP contribution in [-0.2, 0) is 0 Å². The van der Waals surface area contributed by atoms with Crippen LogP contribution in [0, 0.1) is 0 Å². The molecule has 0 bridgehead atoms. The molecule has 0 spiro atoms. The summed E-state index contributed by atoms with van der Waals surface area (Å²) in [5.74, 6) is 0. The predicted octanol–water partition coefficient (Wildman–Crippen LogP) is 5.14. The third-order valence-corrected chi connectivity index (χ3v) is 4.46. The molecule has 1 aromatic carbocycles. The van der Waals surface area contributed by atoms with E-state index in [1.54, 1.807) is 11.3 Å². The van der Waals surface area contributed by atoms with E-state index in [9.17, 15) is 0 Å². The number of hydrogen-bond acceptors (Lipinski definition) is 2. The second-order valence-electron chi connectivity index (χ2n) is 3.51. The van der Waals surface area contributed by atoms with Crippen LogP contribution >= 0.6 is 22.7 Å². The van der Waals surface area contributed by atoms with Gasteiger partial charge in [-0.15, -0.1) is 22.7 Å². The summed E-state index contributed by atoms with van der Waals surface area (Å²) in [7, 11) is 0. The van der Waals surface area contributed by atoms with Gasteiger partial charge in [0.05, 0.1) is 4.88 Å². The zero-order valence-corrected chi connectivity index (χ0v) is 10.2. The average Bonchev–Trinajstić information content (AvgIpc) is 3.01. The van der Waals surface area contributed by atoms with E-state index in [-0.39, 0.29) is 0 Å². The first kappa shape index (κ1) is 9.82. The quantitative estimate of drug-likeness (QED) is 0.583. The Morgan fingerprint density at radius 3 is 2.31 bits per heavy atom. The highest BCUT2D eigenvalue weighted by molar-refractivity contribution is 7.20. The van der Waals surface area contributed by atoms with E-state index in [1.807, 2.05) is 11.3 Å². The Labute approximate surface area is 103 Å². The number of hydrogen-bond donors (Lipinski definition) is 0. The van der Waals surface area contributed by atoms with Gasteiger partial charge in [0, 0.05) is 10.4 Å². The number of rotatable bonds is 2. The molecule has 0 N–H and O–H groups in total. The van der Waals surface area contributed by atoms with E-state index in [1.165, 1.54) is 20.9 Å². The molecule has 78 valence electrons. The van der Waals surface area contributed by atoms with Gasteiger partial charge in [-0.3, -0.25) is 0 Å². The van der Waals surface area contributed by atoms with Gasteiger partial charge in [-0.05, 0) is 28.5 Å². The topological polar surface area (TPSA) is 0 Å². The second kappa shape index (κ2) is 4.24. The zero-order valence-electron chi connectivity index (χ0n) is 8.59. The molecule has 2 heteroatoms. The summed E-state index contributed by atoms with van der Waals surface area (Å²) in [6.45, 7) is 0. The molecule has 0 amide bonds. The first-order chi connectivity index (χ1) is 7.95. The maximum atomic E-state index is 2.20. The maximum absolute atomic E-state index is 2.20. The van der Waals surface area contributed by atoms with Crippen molar-refractivity contribution in [2.24, 2.45) is 0 Å². The molecule has 2 heterocycles. The number of thiophene rings is 2. The lowest BCUT2D eigenvalue weighted by Crippen LogP contribution is -1.75. The van der Waals surface area contributed by atoms with E-state index in [0.717, 1.165) is 0 Å². The van der Waals surface area contributed by atoms with Crippen LogP contribution in [0.2, 0.25) is 0 Å². The largest absolute Gasteiger partial charge is 0.143 e. The third-order valence-electron chi connectivity index (χ3n) is 2.49. The molecular formula is C14H10S2. The van der Waals surface area contributed by atoms with Crippen molar-refractivity contribution in [3.63, 3.8) is 0 Å². The first-order valence-corrected chi connectivity index (χ1v) is 6.88. The molecule has 3 aromatic rings. The Kier molecular flexibility index (Phi) is 2.60. The summed E-state index contributed by atoms with van der Waals surface area (Å²) in [6, 6.07) is 17.1. The molecule has 0 aliphatic rings. The minimum atomic E-state index is 1.30. The van der Waals surface area contributed by atoms with Gasteiger partial charge in [0.25, 0.3) is 0 Å². The highest BCUT2D eigenvalue weighted by atomic mass is 32.1. The minimum Gasteiger partial charge on any atom is -0.143 e. The lowest BCUT2D eigenvalue weighted by molar-refractivity contribution is 1.68. The standard InChI is InChI=1S/C14H10S2/c1-2-5-11(6-3-1)12-8-10-16-14(12)13-7-4-9-15-13/h1-10H. The summed E-state index contributed by atoms with van der Waals surface area (Å²) in [5, 5.41) is 4.29. The molecule has 0 radical (unpaired) electrons. The van der Waals surface area contributed by atoms with Crippen LogP contribution in [0.3, 0.4) is 0 Å². The molecular weight excluding hydrogens is 232 g/mol. The Morgan fingerprint density at radius 1 is 0.688 bits per heavy atom. The van der Waals surface area contributed by atoms with Crippen molar-refractivity contribution in [1.82, 2.24) is 0 Å². The summed E-state index contributed by atoms with van der Waals surface area (Å²) in [5.41, 5.74) is 2.64. The van der Waals surface area contributed by atoms with Crippen molar-refractivity contribution in [3.05, 3.63) is 59.3 Å². The SMILES string of the molecule is c1ccc(-c2ccsc2-c2cccs2)cc1. The second-order valence-corrected chi connectivity index (χ2v) is 5.37. The molecule has 0 saturated carbocycles. The highest BCUT2D eigenvalue weighted by Gasteiger charge is 2.08. The van der Waals surface area contributed by atoms with Crippen molar-refractivity contribution in [2.45, 2.75) is 0 Å². The van der Waals surface area contributed by atoms with Gasteiger partial charge >= 0.3 is 0 Å². The predicted molar refractivity (Wildman–Crippen MR) is 73.1 cm³/mol. The van der Waals surface area contributed by atoms with E-state index in [2.05, 4.69) is 59.3 Å². The van der Waals surface area contributed by atoms with Gasteiger partial charge in [-0.2, -0.15) is 0 Å².